The zero-order valence-electron chi connectivity index (χ0n) is 22.1. The molecule has 0 aromatic heterocycles. The van der Waals surface area contributed by atoms with E-state index >= 15 is 0 Å². The van der Waals surface area contributed by atoms with Crippen LogP contribution in [0.2, 0.25) is 0 Å². The van der Waals surface area contributed by atoms with Crippen LogP contribution in [0, 0.1) is 5.92 Å². The minimum Gasteiger partial charge on any atom is -0.480 e. The number of benzene rings is 3. The number of carbonyl (C=O) groups is 3. The van der Waals surface area contributed by atoms with E-state index < -0.39 is 17.9 Å². The summed E-state index contributed by atoms with van der Waals surface area (Å²) in [4.78, 5) is 37.8. The fraction of sp³-hybridized carbons (Fsp3) is 0.387. The van der Waals surface area contributed by atoms with Crippen LogP contribution < -0.4 is 10.6 Å². The van der Waals surface area contributed by atoms with Crippen molar-refractivity contribution in [2.24, 2.45) is 5.92 Å². The van der Waals surface area contributed by atoms with Gasteiger partial charge >= 0.3 is 5.97 Å². The van der Waals surface area contributed by atoms with Crippen LogP contribution in [0.25, 0.3) is 10.8 Å². The quantitative estimate of drug-likeness (QED) is 0.370. The van der Waals surface area contributed by atoms with Crippen molar-refractivity contribution < 1.29 is 19.5 Å². The van der Waals surface area contributed by atoms with Gasteiger partial charge in [0.1, 0.15) is 6.04 Å². The molecule has 0 aliphatic carbocycles. The number of carboxylic acid groups (broad SMARTS) is 1. The highest BCUT2D eigenvalue weighted by molar-refractivity contribution is 5.86. The van der Waals surface area contributed by atoms with Crippen LogP contribution in [0.1, 0.15) is 56.2 Å². The van der Waals surface area contributed by atoms with E-state index in [2.05, 4.69) is 84.3 Å². The third-order valence-corrected chi connectivity index (χ3v) is 7.61. The van der Waals surface area contributed by atoms with Crippen molar-refractivity contribution in [3.63, 3.8) is 0 Å². The van der Waals surface area contributed by atoms with Crippen molar-refractivity contribution >= 4 is 28.6 Å². The van der Waals surface area contributed by atoms with E-state index in [9.17, 15) is 19.5 Å². The Morgan fingerprint density at radius 2 is 1.71 bits per heavy atom. The average Bonchev–Trinajstić information content (AvgIpc) is 2.93. The van der Waals surface area contributed by atoms with Gasteiger partial charge in [-0.25, -0.2) is 4.79 Å². The lowest BCUT2D eigenvalue weighted by Gasteiger charge is -2.40. The first-order valence-electron chi connectivity index (χ1n) is 13.4. The Hall–Kier alpha value is -3.71. The molecule has 4 rings (SSSR count). The minimum atomic E-state index is -1.12. The smallest absolute Gasteiger partial charge is 0.326 e. The second-order valence-electron chi connectivity index (χ2n) is 10.2. The summed E-state index contributed by atoms with van der Waals surface area (Å²) in [6, 6.07) is 24.3. The number of likely N-dealkylation sites (tertiary alicyclic amines) is 1. The van der Waals surface area contributed by atoms with E-state index in [0.29, 0.717) is 19.0 Å². The van der Waals surface area contributed by atoms with Crippen LogP contribution in [0.15, 0.2) is 72.8 Å². The summed E-state index contributed by atoms with van der Waals surface area (Å²) in [6.45, 7) is 5.44. The number of hydrogen-bond donors (Lipinski definition) is 3. The van der Waals surface area contributed by atoms with Crippen molar-refractivity contribution in [2.45, 2.75) is 51.1 Å². The molecule has 1 fully saturated rings. The first-order valence-corrected chi connectivity index (χ1v) is 13.4. The molecule has 1 aliphatic rings. The summed E-state index contributed by atoms with van der Waals surface area (Å²) >= 11 is 0. The predicted molar refractivity (Wildman–Crippen MR) is 149 cm³/mol. The number of rotatable bonds is 10. The number of carbonyl (C=O) groups excluding carboxylic acids is 2. The Bertz CT molecular complexity index is 1260. The SMILES string of the molecule is CC(=O)NC(CCC(=O)N1CCC(c2ccccc2)C(CN[C@H](C)c2cccc3ccccc23)C1)C(=O)O. The summed E-state index contributed by atoms with van der Waals surface area (Å²) in [5, 5.41) is 18.0. The Morgan fingerprint density at radius 3 is 2.45 bits per heavy atom. The maximum absolute atomic E-state index is 13.1. The maximum Gasteiger partial charge on any atom is 0.326 e. The lowest BCUT2D eigenvalue weighted by molar-refractivity contribution is -0.142. The van der Waals surface area contributed by atoms with Crippen LogP contribution in [0.5, 0.6) is 0 Å². The van der Waals surface area contributed by atoms with Crippen LogP contribution in [-0.2, 0) is 14.4 Å². The van der Waals surface area contributed by atoms with Crippen LogP contribution in [0.3, 0.4) is 0 Å². The number of nitrogens with one attached hydrogen (secondary N) is 2. The van der Waals surface area contributed by atoms with Gasteiger partial charge < -0.3 is 20.6 Å². The summed E-state index contributed by atoms with van der Waals surface area (Å²) in [7, 11) is 0. The molecule has 1 heterocycles. The number of piperidine rings is 1. The highest BCUT2D eigenvalue weighted by Gasteiger charge is 2.33. The zero-order chi connectivity index (χ0) is 27.1. The van der Waals surface area contributed by atoms with Crippen LogP contribution in [-0.4, -0.2) is 53.5 Å². The second-order valence-corrected chi connectivity index (χ2v) is 10.2. The molecule has 3 unspecified atom stereocenters. The maximum atomic E-state index is 13.1. The molecule has 4 atom stereocenters. The number of aliphatic carboxylic acids is 1. The van der Waals surface area contributed by atoms with E-state index in [0.717, 1.165) is 13.0 Å². The number of fused-ring (bicyclic) bond motifs is 1. The number of amides is 2. The van der Waals surface area contributed by atoms with Gasteiger partial charge in [-0.3, -0.25) is 9.59 Å². The van der Waals surface area contributed by atoms with E-state index in [1.165, 1.54) is 28.8 Å². The highest BCUT2D eigenvalue weighted by atomic mass is 16.4. The van der Waals surface area contributed by atoms with Crippen molar-refractivity contribution in [1.82, 2.24) is 15.5 Å². The summed E-state index contributed by atoms with van der Waals surface area (Å²) in [5.41, 5.74) is 2.53. The zero-order valence-corrected chi connectivity index (χ0v) is 22.1. The van der Waals surface area contributed by atoms with Gasteiger partial charge in [0.05, 0.1) is 0 Å². The predicted octanol–water partition coefficient (Wildman–Crippen LogP) is 4.49. The Morgan fingerprint density at radius 1 is 1.00 bits per heavy atom. The van der Waals surface area contributed by atoms with Gasteiger partial charge in [-0.1, -0.05) is 72.8 Å². The summed E-state index contributed by atoms with van der Waals surface area (Å²) in [5.74, 6) is -1.09. The van der Waals surface area contributed by atoms with E-state index in [4.69, 9.17) is 0 Å². The van der Waals surface area contributed by atoms with Gasteiger partial charge in [-0.15, -0.1) is 0 Å². The first kappa shape index (κ1) is 27.3. The molecule has 0 saturated carbocycles. The normalized spacial score (nSPS) is 19.1. The van der Waals surface area contributed by atoms with E-state index in [-0.39, 0.29) is 30.7 Å². The van der Waals surface area contributed by atoms with Crippen LogP contribution in [0.4, 0.5) is 0 Å². The fourth-order valence-electron chi connectivity index (χ4n) is 5.60. The van der Waals surface area contributed by atoms with Crippen molar-refractivity contribution in [1.29, 1.82) is 0 Å². The molecule has 2 amide bonds. The van der Waals surface area contributed by atoms with E-state index in [1.807, 2.05) is 11.0 Å². The van der Waals surface area contributed by atoms with Crippen molar-refractivity contribution in [3.8, 4) is 0 Å². The molecular formula is C31H37N3O4. The topological polar surface area (TPSA) is 98.7 Å². The number of nitrogens with zero attached hydrogens (tertiary/aromatic N) is 1. The lowest BCUT2D eigenvalue weighted by atomic mass is 9.80. The lowest BCUT2D eigenvalue weighted by Crippen LogP contribution is -2.47. The number of hydrogen-bond acceptors (Lipinski definition) is 4. The number of carboxylic acids is 1. The molecule has 200 valence electrons. The van der Waals surface area contributed by atoms with Gasteiger partial charge in [0.2, 0.25) is 11.8 Å². The molecular weight excluding hydrogens is 478 g/mol. The molecule has 1 aliphatic heterocycles. The first-order chi connectivity index (χ1) is 18.3. The Balaban J connectivity index is 1.45. The van der Waals surface area contributed by atoms with Crippen LogP contribution >= 0.6 is 0 Å². The Kier molecular flexibility index (Phi) is 9.13. The molecule has 38 heavy (non-hydrogen) atoms. The molecule has 0 bridgehead atoms. The van der Waals surface area contributed by atoms with Gasteiger partial charge in [0.25, 0.3) is 0 Å². The van der Waals surface area contributed by atoms with Gasteiger partial charge in [-0.2, -0.15) is 0 Å². The monoisotopic (exact) mass is 515 g/mol. The Labute approximate surface area is 224 Å². The van der Waals surface area contributed by atoms with Gasteiger partial charge in [0, 0.05) is 39.0 Å². The molecule has 3 aromatic carbocycles. The second kappa shape index (κ2) is 12.7. The molecule has 7 heteroatoms. The molecule has 0 spiro atoms. The van der Waals surface area contributed by atoms with Gasteiger partial charge in [-0.05, 0) is 53.5 Å². The molecule has 1 saturated heterocycles. The molecule has 3 N–H and O–H groups in total. The standard InChI is InChI=1S/C31H37N3O4/c1-21(26-14-8-12-24-11-6-7-13-28(24)26)32-19-25-20-34(18-17-27(25)23-9-4-3-5-10-23)30(36)16-15-29(31(37)38)33-22(2)35/h3-14,21,25,27,29,32H,15-20H2,1-2H3,(H,33,35)(H,37,38)/t21-,25?,27?,29?/m1/s1. The van der Waals surface area contributed by atoms with Gasteiger partial charge in [0.15, 0.2) is 0 Å². The van der Waals surface area contributed by atoms with E-state index in [1.54, 1.807) is 0 Å². The van der Waals surface area contributed by atoms with Crippen molar-refractivity contribution in [3.05, 3.63) is 83.9 Å². The molecule has 7 nitrogen and oxygen atoms in total. The highest BCUT2D eigenvalue weighted by Crippen LogP contribution is 2.34. The summed E-state index contributed by atoms with van der Waals surface area (Å²) in [6.07, 6.45) is 1.01. The largest absolute Gasteiger partial charge is 0.480 e. The average molecular weight is 516 g/mol. The summed E-state index contributed by atoms with van der Waals surface area (Å²) < 4.78 is 0. The minimum absolute atomic E-state index is 0.0692. The third kappa shape index (κ3) is 6.78. The molecule has 0 radical (unpaired) electrons. The van der Waals surface area contributed by atoms with Crippen molar-refractivity contribution in [2.75, 3.05) is 19.6 Å². The third-order valence-electron chi connectivity index (χ3n) is 7.61. The fourth-order valence-corrected chi connectivity index (χ4v) is 5.60. The molecule has 3 aromatic rings.